The van der Waals surface area contributed by atoms with E-state index in [1.165, 1.54) is 12.1 Å². The van der Waals surface area contributed by atoms with Gasteiger partial charge in [-0.25, -0.2) is 4.39 Å². The first-order valence-electron chi connectivity index (χ1n) is 16.6. The maximum atomic E-state index is 14.6. The van der Waals surface area contributed by atoms with E-state index >= 15 is 0 Å². The lowest BCUT2D eigenvalue weighted by molar-refractivity contribution is -0.120. The molecule has 6 rings (SSSR count). The molecule has 1 aliphatic heterocycles. The molecule has 1 fully saturated rings. The van der Waals surface area contributed by atoms with E-state index in [4.69, 9.17) is 9.47 Å². The van der Waals surface area contributed by atoms with Gasteiger partial charge in [-0.1, -0.05) is 91.0 Å². The van der Waals surface area contributed by atoms with Crippen LogP contribution in [-0.2, 0) is 22.5 Å². The van der Waals surface area contributed by atoms with Crippen LogP contribution in [0.25, 0.3) is 11.1 Å². The van der Waals surface area contributed by atoms with Crippen LogP contribution in [0, 0.1) is 5.82 Å². The number of anilines is 1. The van der Waals surface area contributed by atoms with Crippen molar-refractivity contribution in [1.82, 2.24) is 10.2 Å². The highest BCUT2D eigenvalue weighted by Crippen LogP contribution is 2.25. The summed E-state index contributed by atoms with van der Waals surface area (Å²) >= 11 is 0. The first kappa shape index (κ1) is 33.6. The van der Waals surface area contributed by atoms with Gasteiger partial charge in [0.25, 0.3) is 5.91 Å². The van der Waals surface area contributed by atoms with Crippen molar-refractivity contribution in [3.05, 3.63) is 156 Å². The van der Waals surface area contributed by atoms with E-state index in [9.17, 15) is 14.0 Å². The molecule has 1 saturated heterocycles. The van der Waals surface area contributed by atoms with Crippen molar-refractivity contribution in [1.29, 1.82) is 0 Å². The summed E-state index contributed by atoms with van der Waals surface area (Å²) in [5.41, 5.74) is 4.75. The molecule has 0 aliphatic carbocycles. The normalized spacial score (nSPS) is 13.7. The Kier molecular flexibility index (Phi) is 11.4. The summed E-state index contributed by atoms with van der Waals surface area (Å²) in [4.78, 5) is 32.3. The minimum Gasteiger partial charge on any atom is -0.492 e. The summed E-state index contributed by atoms with van der Waals surface area (Å²) in [6.07, 6.45) is 0.281. The van der Waals surface area contributed by atoms with Crippen molar-refractivity contribution in [2.45, 2.75) is 19.0 Å². The Balaban J connectivity index is 1.25. The second kappa shape index (κ2) is 16.7. The number of morpholine rings is 1. The average molecular weight is 658 g/mol. The van der Waals surface area contributed by atoms with Crippen molar-refractivity contribution < 1.29 is 23.5 Å². The molecule has 0 unspecified atom stereocenters. The molecule has 8 heteroatoms. The van der Waals surface area contributed by atoms with Gasteiger partial charge >= 0.3 is 0 Å². The van der Waals surface area contributed by atoms with Crippen molar-refractivity contribution in [3.8, 4) is 16.9 Å². The molecular weight excluding hydrogens is 617 g/mol. The van der Waals surface area contributed by atoms with Crippen LogP contribution in [0.3, 0.4) is 0 Å². The highest BCUT2D eigenvalue weighted by Gasteiger charge is 2.28. The molecule has 2 amide bonds. The van der Waals surface area contributed by atoms with Crippen LogP contribution >= 0.6 is 0 Å². The third kappa shape index (κ3) is 9.41. The van der Waals surface area contributed by atoms with Crippen LogP contribution in [-0.4, -0.2) is 62.2 Å². The van der Waals surface area contributed by atoms with Gasteiger partial charge in [0, 0.05) is 43.4 Å². The number of nitrogens with zero attached hydrogens (tertiary/aromatic N) is 2. The Morgan fingerprint density at radius 2 is 1.45 bits per heavy atom. The molecule has 49 heavy (non-hydrogen) atoms. The van der Waals surface area contributed by atoms with Gasteiger partial charge in [-0.3, -0.25) is 14.5 Å². The summed E-state index contributed by atoms with van der Waals surface area (Å²) in [5, 5.41) is 3.03. The van der Waals surface area contributed by atoms with E-state index < -0.39 is 6.04 Å². The Morgan fingerprint density at radius 3 is 2.16 bits per heavy atom. The van der Waals surface area contributed by atoms with Crippen LogP contribution in [0.5, 0.6) is 5.75 Å². The number of halogens is 1. The van der Waals surface area contributed by atoms with Gasteiger partial charge in [0.05, 0.1) is 19.8 Å². The van der Waals surface area contributed by atoms with Gasteiger partial charge in [-0.05, 0) is 58.7 Å². The number of amides is 2. The Labute approximate surface area is 286 Å². The Bertz CT molecular complexity index is 1800. The van der Waals surface area contributed by atoms with Gasteiger partial charge in [-0.2, -0.15) is 0 Å². The topological polar surface area (TPSA) is 71.1 Å². The zero-order valence-corrected chi connectivity index (χ0v) is 27.3. The lowest BCUT2D eigenvalue weighted by atomic mass is 10.0. The standard InChI is InChI=1S/C41H40FN3O4/c42-36-20-14-32(15-21-36)30-45(37-12-7-13-38(29-37)49-27-24-44-22-25-48-26-23-44)41(47)39(28-31-8-3-1-4-9-31)43-40(46)35-18-16-34(17-19-35)33-10-5-2-6-11-33/h1-21,29,39H,22-28,30H2,(H,43,46)/t39-/m0/s1. The number of ether oxygens (including phenoxy) is 2. The molecule has 0 bridgehead atoms. The van der Waals surface area contributed by atoms with Crippen molar-refractivity contribution in [2.75, 3.05) is 44.4 Å². The molecule has 1 aliphatic rings. The first-order chi connectivity index (χ1) is 24.0. The van der Waals surface area contributed by atoms with Crippen molar-refractivity contribution in [2.24, 2.45) is 0 Å². The minimum atomic E-state index is -0.893. The Morgan fingerprint density at radius 1 is 0.776 bits per heavy atom. The van der Waals surface area contributed by atoms with Crippen molar-refractivity contribution in [3.63, 3.8) is 0 Å². The molecule has 1 heterocycles. The van der Waals surface area contributed by atoms with Crippen molar-refractivity contribution >= 4 is 17.5 Å². The largest absolute Gasteiger partial charge is 0.492 e. The molecule has 0 saturated carbocycles. The number of carbonyl (C=O) groups is 2. The summed E-state index contributed by atoms with van der Waals surface area (Å²) < 4.78 is 25.4. The molecule has 5 aromatic carbocycles. The fourth-order valence-electron chi connectivity index (χ4n) is 5.85. The van der Waals surface area contributed by atoms with E-state index in [2.05, 4.69) is 10.2 Å². The Hall–Kier alpha value is -5.31. The smallest absolute Gasteiger partial charge is 0.251 e. The van der Waals surface area contributed by atoms with E-state index in [-0.39, 0.29) is 30.6 Å². The van der Waals surface area contributed by atoms with Crippen LogP contribution in [0.1, 0.15) is 21.5 Å². The maximum absolute atomic E-state index is 14.6. The highest BCUT2D eigenvalue weighted by atomic mass is 19.1. The average Bonchev–Trinajstić information content (AvgIpc) is 3.15. The second-order valence-electron chi connectivity index (χ2n) is 12.0. The van der Waals surface area contributed by atoms with Gasteiger partial charge in [-0.15, -0.1) is 0 Å². The van der Waals surface area contributed by atoms with Gasteiger partial charge < -0.3 is 19.7 Å². The van der Waals surface area contributed by atoms with E-state index in [1.807, 2.05) is 97.1 Å². The molecule has 1 N–H and O–H groups in total. The quantitative estimate of drug-likeness (QED) is 0.151. The third-order valence-corrected chi connectivity index (χ3v) is 8.57. The van der Waals surface area contributed by atoms with Gasteiger partial charge in [0.15, 0.2) is 0 Å². The molecule has 250 valence electrons. The molecule has 0 spiro atoms. The third-order valence-electron chi connectivity index (χ3n) is 8.57. The minimum absolute atomic E-state index is 0.170. The number of rotatable bonds is 13. The van der Waals surface area contributed by atoms with Gasteiger partial charge in [0.1, 0.15) is 24.2 Å². The van der Waals surface area contributed by atoms with Gasteiger partial charge in [0.2, 0.25) is 5.91 Å². The fourth-order valence-corrected chi connectivity index (χ4v) is 5.85. The zero-order valence-electron chi connectivity index (χ0n) is 27.3. The van der Waals surface area contributed by atoms with Crippen LogP contribution in [0.4, 0.5) is 10.1 Å². The van der Waals surface area contributed by atoms with E-state index in [1.54, 1.807) is 29.2 Å². The molecule has 1 atom stereocenters. The predicted molar refractivity (Wildman–Crippen MR) is 190 cm³/mol. The fraction of sp³-hybridized carbons (Fsp3) is 0.220. The predicted octanol–water partition coefficient (Wildman–Crippen LogP) is 6.78. The molecule has 7 nitrogen and oxygen atoms in total. The number of hydrogen-bond donors (Lipinski definition) is 1. The van der Waals surface area contributed by atoms with Crippen LogP contribution in [0.15, 0.2) is 133 Å². The van der Waals surface area contributed by atoms with Crippen LogP contribution in [0.2, 0.25) is 0 Å². The number of carbonyl (C=O) groups excluding carboxylic acids is 2. The maximum Gasteiger partial charge on any atom is 0.251 e. The zero-order chi connectivity index (χ0) is 33.8. The number of benzene rings is 5. The molecule has 0 radical (unpaired) electrons. The molecular formula is C41H40FN3O4. The lowest BCUT2D eigenvalue weighted by Crippen LogP contribution is -2.49. The van der Waals surface area contributed by atoms with E-state index in [0.717, 1.165) is 55.1 Å². The van der Waals surface area contributed by atoms with Crippen LogP contribution < -0.4 is 15.0 Å². The molecule has 0 aromatic heterocycles. The summed E-state index contributed by atoms with van der Waals surface area (Å²) in [5.74, 6) is -0.377. The highest BCUT2D eigenvalue weighted by molar-refractivity contribution is 6.02. The summed E-state index contributed by atoms with van der Waals surface area (Å²) in [7, 11) is 0. The number of hydrogen-bond acceptors (Lipinski definition) is 5. The number of nitrogens with one attached hydrogen (secondary N) is 1. The lowest BCUT2D eigenvalue weighted by Gasteiger charge is -2.29. The summed E-state index contributed by atoms with van der Waals surface area (Å²) in [6.45, 7) is 4.60. The van der Waals surface area contributed by atoms with E-state index in [0.29, 0.717) is 23.6 Å². The SMILES string of the molecule is O=C(N[C@@H](Cc1ccccc1)C(=O)N(Cc1ccc(F)cc1)c1cccc(OCCN2CCOCC2)c1)c1ccc(-c2ccccc2)cc1. The monoisotopic (exact) mass is 657 g/mol. The second-order valence-corrected chi connectivity index (χ2v) is 12.0. The molecule has 5 aromatic rings. The first-order valence-corrected chi connectivity index (χ1v) is 16.6. The summed E-state index contributed by atoms with van der Waals surface area (Å²) in [6, 6.07) is 39.5.